The summed E-state index contributed by atoms with van der Waals surface area (Å²) in [7, 11) is 0. The molecule has 1 N–H and O–H groups in total. The summed E-state index contributed by atoms with van der Waals surface area (Å²) < 4.78 is 2.02. The summed E-state index contributed by atoms with van der Waals surface area (Å²) in [6, 6.07) is 26.2. The number of fused-ring (bicyclic) bond motifs is 2. The SMILES string of the molecule is Cc1ccn2cc(-c3ccc(NC(=O)Cc4cccc5ccccc45)cc3)nc2c1. The smallest absolute Gasteiger partial charge is 0.228 e. The van der Waals surface area contributed by atoms with Gasteiger partial charge in [-0.2, -0.15) is 0 Å². The van der Waals surface area contributed by atoms with Gasteiger partial charge in [-0.05, 0) is 53.1 Å². The molecule has 1 amide bonds. The van der Waals surface area contributed by atoms with Gasteiger partial charge in [0.2, 0.25) is 5.91 Å². The van der Waals surface area contributed by atoms with E-state index in [4.69, 9.17) is 4.98 Å². The minimum absolute atomic E-state index is 0.0256. The fourth-order valence-electron chi connectivity index (χ4n) is 3.77. The van der Waals surface area contributed by atoms with Crippen LogP contribution in [-0.4, -0.2) is 15.3 Å². The molecule has 2 aromatic heterocycles. The minimum Gasteiger partial charge on any atom is -0.326 e. The number of carbonyl (C=O) groups excluding carboxylic acids is 1. The molecule has 0 bridgehead atoms. The number of hydrogen-bond acceptors (Lipinski definition) is 2. The molecule has 5 aromatic rings. The molecule has 3 aromatic carbocycles. The highest BCUT2D eigenvalue weighted by Crippen LogP contribution is 2.23. The van der Waals surface area contributed by atoms with Gasteiger partial charge in [0.05, 0.1) is 12.1 Å². The van der Waals surface area contributed by atoms with E-state index in [-0.39, 0.29) is 5.91 Å². The van der Waals surface area contributed by atoms with Crippen molar-refractivity contribution >= 4 is 28.0 Å². The largest absolute Gasteiger partial charge is 0.326 e. The summed E-state index contributed by atoms with van der Waals surface area (Å²) in [6.45, 7) is 2.06. The molecule has 0 aliphatic heterocycles. The van der Waals surface area contributed by atoms with Crippen LogP contribution in [0.1, 0.15) is 11.1 Å². The topological polar surface area (TPSA) is 46.4 Å². The maximum absolute atomic E-state index is 12.6. The molecule has 4 heteroatoms. The van der Waals surface area contributed by atoms with Crippen LogP contribution in [0.4, 0.5) is 5.69 Å². The number of anilines is 1. The van der Waals surface area contributed by atoms with Gasteiger partial charge in [-0.15, -0.1) is 0 Å². The minimum atomic E-state index is -0.0256. The van der Waals surface area contributed by atoms with Gasteiger partial charge in [0.25, 0.3) is 0 Å². The summed E-state index contributed by atoms with van der Waals surface area (Å²) in [4.78, 5) is 17.3. The summed E-state index contributed by atoms with van der Waals surface area (Å²) in [5, 5.41) is 5.27. The van der Waals surface area contributed by atoms with E-state index in [2.05, 4.69) is 42.6 Å². The molecule has 0 saturated heterocycles. The molecule has 0 aliphatic rings. The van der Waals surface area contributed by atoms with Crippen LogP contribution in [0.25, 0.3) is 27.7 Å². The molecular formula is C26H21N3O. The van der Waals surface area contributed by atoms with Gasteiger partial charge < -0.3 is 9.72 Å². The lowest BCUT2D eigenvalue weighted by Gasteiger charge is -2.08. The number of carbonyl (C=O) groups is 1. The predicted molar refractivity (Wildman–Crippen MR) is 122 cm³/mol. The van der Waals surface area contributed by atoms with E-state index < -0.39 is 0 Å². The van der Waals surface area contributed by atoms with Gasteiger partial charge in [0.15, 0.2) is 0 Å². The second-order valence-electron chi connectivity index (χ2n) is 7.54. The highest BCUT2D eigenvalue weighted by atomic mass is 16.1. The lowest BCUT2D eigenvalue weighted by molar-refractivity contribution is -0.115. The third-order valence-corrected chi connectivity index (χ3v) is 5.31. The van der Waals surface area contributed by atoms with Crippen LogP contribution in [0.2, 0.25) is 0 Å². The monoisotopic (exact) mass is 391 g/mol. The first-order valence-corrected chi connectivity index (χ1v) is 9.98. The number of nitrogens with one attached hydrogen (secondary N) is 1. The van der Waals surface area contributed by atoms with E-state index in [1.807, 2.05) is 65.3 Å². The third kappa shape index (κ3) is 3.55. The second kappa shape index (κ2) is 7.48. The number of aromatic nitrogens is 2. The van der Waals surface area contributed by atoms with Crippen LogP contribution in [-0.2, 0) is 11.2 Å². The van der Waals surface area contributed by atoms with Crippen molar-refractivity contribution in [2.24, 2.45) is 0 Å². The molecule has 0 radical (unpaired) electrons. The Balaban J connectivity index is 1.32. The zero-order valence-electron chi connectivity index (χ0n) is 16.7. The van der Waals surface area contributed by atoms with Gasteiger partial charge in [0, 0.05) is 23.6 Å². The molecule has 4 nitrogen and oxygen atoms in total. The van der Waals surface area contributed by atoms with Gasteiger partial charge >= 0.3 is 0 Å². The van der Waals surface area contributed by atoms with Crippen LogP contribution in [0, 0.1) is 6.92 Å². The van der Waals surface area contributed by atoms with Gasteiger partial charge in [-0.1, -0.05) is 54.6 Å². The van der Waals surface area contributed by atoms with E-state index in [1.54, 1.807) is 0 Å². The van der Waals surface area contributed by atoms with Crippen molar-refractivity contribution in [3.8, 4) is 11.3 Å². The van der Waals surface area contributed by atoms with Crippen molar-refractivity contribution in [1.29, 1.82) is 0 Å². The average molecular weight is 391 g/mol. The maximum Gasteiger partial charge on any atom is 0.228 e. The van der Waals surface area contributed by atoms with Crippen LogP contribution in [0.3, 0.4) is 0 Å². The predicted octanol–water partition coefficient (Wildman–Crippen LogP) is 5.64. The molecule has 2 heterocycles. The summed E-state index contributed by atoms with van der Waals surface area (Å²) in [6.07, 6.45) is 4.38. The average Bonchev–Trinajstić information content (AvgIpc) is 3.18. The number of benzene rings is 3. The number of rotatable bonds is 4. The molecule has 30 heavy (non-hydrogen) atoms. The normalized spacial score (nSPS) is 11.1. The lowest BCUT2D eigenvalue weighted by Crippen LogP contribution is -2.14. The molecule has 0 fully saturated rings. The Bertz CT molecular complexity index is 1360. The van der Waals surface area contributed by atoms with E-state index in [0.717, 1.165) is 38.9 Å². The fraction of sp³-hybridized carbons (Fsp3) is 0.0769. The van der Waals surface area contributed by atoms with Crippen molar-refractivity contribution in [3.63, 3.8) is 0 Å². The van der Waals surface area contributed by atoms with Crippen LogP contribution in [0.15, 0.2) is 91.3 Å². The van der Waals surface area contributed by atoms with E-state index in [1.165, 1.54) is 5.56 Å². The highest BCUT2D eigenvalue weighted by Gasteiger charge is 2.09. The number of nitrogens with zero attached hydrogens (tertiary/aromatic N) is 2. The van der Waals surface area contributed by atoms with Crippen molar-refractivity contribution < 1.29 is 4.79 Å². The number of hydrogen-bond donors (Lipinski definition) is 1. The Kier molecular flexibility index (Phi) is 4.52. The van der Waals surface area contributed by atoms with E-state index in [0.29, 0.717) is 6.42 Å². The first kappa shape index (κ1) is 18.1. The molecule has 0 saturated carbocycles. The second-order valence-corrected chi connectivity index (χ2v) is 7.54. The Morgan fingerprint density at radius 2 is 1.77 bits per heavy atom. The Hall–Kier alpha value is -3.92. The molecule has 146 valence electrons. The van der Waals surface area contributed by atoms with Crippen molar-refractivity contribution in [2.45, 2.75) is 13.3 Å². The number of amides is 1. The van der Waals surface area contributed by atoms with Crippen molar-refractivity contribution in [2.75, 3.05) is 5.32 Å². The van der Waals surface area contributed by atoms with Crippen molar-refractivity contribution in [3.05, 3.63) is 102 Å². The summed E-state index contributed by atoms with van der Waals surface area (Å²) >= 11 is 0. The van der Waals surface area contributed by atoms with Gasteiger partial charge in [-0.25, -0.2) is 4.98 Å². The molecular weight excluding hydrogens is 370 g/mol. The summed E-state index contributed by atoms with van der Waals surface area (Å²) in [5.74, 6) is -0.0256. The highest BCUT2D eigenvalue weighted by molar-refractivity contribution is 5.96. The number of aryl methyl sites for hydroxylation is 1. The molecule has 5 rings (SSSR count). The van der Waals surface area contributed by atoms with Gasteiger partial charge in [0.1, 0.15) is 5.65 Å². The number of pyridine rings is 1. The maximum atomic E-state index is 12.6. The van der Waals surface area contributed by atoms with Gasteiger partial charge in [-0.3, -0.25) is 4.79 Å². The molecule has 0 atom stereocenters. The first-order chi connectivity index (χ1) is 14.7. The van der Waals surface area contributed by atoms with E-state index >= 15 is 0 Å². The third-order valence-electron chi connectivity index (χ3n) is 5.31. The van der Waals surface area contributed by atoms with Crippen LogP contribution in [0.5, 0.6) is 0 Å². The molecule has 0 aliphatic carbocycles. The fourth-order valence-corrected chi connectivity index (χ4v) is 3.77. The Morgan fingerprint density at radius 1 is 0.967 bits per heavy atom. The molecule has 0 unspecified atom stereocenters. The number of imidazole rings is 1. The van der Waals surface area contributed by atoms with E-state index in [9.17, 15) is 4.79 Å². The molecule has 0 spiro atoms. The standard InChI is InChI=1S/C26H21N3O/c1-18-13-14-29-17-24(28-25(29)15-18)20-9-11-22(12-10-20)27-26(30)16-21-7-4-6-19-5-2-3-8-23(19)21/h2-15,17H,16H2,1H3,(H,27,30). The Labute approximate surface area is 174 Å². The first-order valence-electron chi connectivity index (χ1n) is 9.98. The van der Waals surface area contributed by atoms with Crippen molar-refractivity contribution in [1.82, 2.24) is 9.38 Å². The lowest BCUT2D eigenvalue weighted by atomic mass is 10.0. The summed E-state index contributed by atoms with van der Waals surface area (Å²) in [5.41, 5.74) is 5.85. The quantitative estimate of drug-likeness (QED) is 0.431. The van der Waals surface area contributed by atoms with Crippen LogP contribution < -0.4 is 5.32 Å². The zero-order chi connectivity index (χ0) is 20.5. The van der Waals surface area contributed by atoms with Crippen LogP contribution >= 0.6 is 0 Å². The zero-order valence-corrected chi connectivity index (χ0v) is 16.7. The Morgan fingerprint density at radius 3 is 2.63 bits per heavy atom.